The molecule has 2 aromatic heterocycles. The Kier molecular flexibility index (Phi) is 8.07. The van der Waals surface area contributed by atoms with E-state index in [1.54, 1.807) is 63.7 Å². The fraction of sp³-hybridized carbons (Fsp3) is 0.280. The highest BCUT2D eigenvalue weighted by atomic mass is 32.3. The lowest BCUT2D eigenvalue weighted by Crippen LogP contribution is -2.16. The predicted molar refractivity (Wildman–Crippen MR) is 136 cm³/mol. The molecular weight excluding hydrogens is 485 g/mol. The maximum Gasteiger partial charge on any atom is 0.268 e. The standard InChI is InChI=1S/C25H28FN5O4S/c1-16(10-11-34-3)36(32,33)19-7-5-18(6-8-19)22-14-28-15-23(29-22)25-31-30-24(35-25)20-9-4-17(13-27-2)12-21(20)26/h4-9,12,14-16,27,32-33H,10-11,13H2,1-3H3. The summed E-state index contributed by atoms with van der Waals surface area (Å²) in [5.74, 6) is -0.306. The average Bonchev–Trinajstić information content (AvgIpc) is 3.38. The average molecular weight is 514 g/mol. The fourth-order valence-electron chi connectivity index (χ4n) is 3.60. The van der Waals surface area contributed by atoms with Crippen LogP contribution >= 0.6 is 10.6 Å². The molecule has 0 fully saturated rings. The van der Waals surface area contributed by atoms with Crippen LogP contribution in [0.15, 0.2) is 64.2 Å². The van der Waals surface area contributed by atoms with E-state index in [0.29, 0.717) is 35.9 Å². The minimum Gasteiger partial charge on any atom is -0.414 e. The molecule has 4 rings (SSSR count). The molecule has 2 heterocycles. The molecule has 0 aliphatic heterocycles. The Morgan fingerprint density at radius 2 is 1.78 bits per heavy atom. The third-order valence-corrected chi connectivity index (χ3v) is 8.03. The third-order valence-electron chi connectivity index (χ3n) is 5.71. The minimum atomic E-state index is -2.98. The summed E-state index contributed by atoms with van der Waals surface area (Å²) >= 11 is 0. The van der Waals surface area contributed by atoms with Crippen molar-refractivity contribution in [2.45, 2.75) is 30.0 Å². The summed E-state index contributed by atoms with van der Waals surface area (Å²) < 4.78 is 46.7. The lowest BCUT2D eigenvalue weighted by molar-refractivity contribution is 0.193. The summed E-state index contributed by atoms with van der Waals surface area (Å²) in [5, 5.41) is 10.6. The number of hydrogen-bond donors (Lipinski definition) is 3. The first-order chi connectivity index (χ1) is 17.3. The number of halogens is 1. The molecule has 0 spiro atoms. The van der Waals surface area contributed by atoms with Crippen LogP contribution in [-0.2, 0) is 11.3 Å². The van der Waals surface area contributed by atoms with Gasteiger partial charge in [0.2, 0.25) is 0 Å². The number of rotatable bonds is 10. The van der Waals surface area contributed by atoms with Gasteiger partial charge in [-0.15, -0.1) is 10.2 Å². The van der Waals surface area contributed by atoms with Crippen molar-refractivity contribution in [3.05, 3.63) is 66.2 Å². The van der Waals surface area contributed by atoms with Crippen LogP contribution in [0.4, 0.5) is 4.39 Å². The maximum absolute atomic E-state index is 14.6. The Balaban J connectivity index is 1.55. The van der Waals surface area contributed by atoms with Gasteiger partial charge in [0.15, 0.2) is 0 Å². The van der Waals surface area contributed by atoms with Crippen LogP contribution in [0.2, 0.25) is 0 Å². The van der Waals surface area contributed by atoms with Crippen molar-refractivity contribution in [2.24, 2.45) is 0 Å². The van der Waals surface area contributed by atoms with Crippen LogP contribution in [0.25, 0.3) is 34.3 Å². The molecule has 0 aliphatic rings. The lowest BCUT2D eigenvalue weighted by Gasteiger charge is -2.38. The number of methoxy groups -OCH3 is 1. The van der Waals surface area contributed by atoms with Crippen LogP contribution in [0.1, 0.15) is 18.9 Å². The molecular formula is C25H28FN5O4S. The fourth-order valence-corrected chi connectivity index (χ4v) is 5.02. The first kappa shape index (κ1) is 25.9. The molecule has 1 atom stereocenters. The number of hydrogen-bond acceptors (Lipinski definition) is 9. The van der Waals surface area contributed by atoms with Crippen LogP contribution < -0.4 is 5.32 Å². The molecule has 1 unspecified atom stereocenters. The molecule has 190 valence electrons. The molecule has 0 radical (unpaired) electrons. The second-order valence-corrected chi connectivity index (χ2v) is 10.7. The Bertz CT molecular complexity index is 1320. The molecule has 9 nitrogen and oxygen atoms in total. The highest BCUT2D eigenvalue weighted by Crippen LogP contribution is 2.53. The Morgan fingerprint density at radius 3 is 2.47 bits per heavy atom. The number of nitrogens with zero attached hydrogens (tertiary/aromatic N) is 4. The summed E-state index contributed by atoms with van der Waals surface area (Å²) in [6, 6.07) is 11.7. The van der Waals surface area contributed by atoms with Gasteiger partial charge in [-0.25, -0.2) is 9.37 Å². The highest BCUT2D eigenvalue weighted by molar-refractivity contribution is 8.24. The van der Waals surface area contributed by atoms with Gasteiger partial charge >= 0.3 is 0 Å². The van der Waals surface area contributed by atoms with Crippen molar-refractivity contribution in [3.8, 4) is 34.3 Å². The predicted octanol–water partition coefficient (Wildman–Crippen LogP) is 5.25. The Labute approximate surface area is 210 Å². The van der Waals surface area contributed by atoms with E-state index >= 15 is 0 Å². The molecule has 0 bridgehead atoms. The largest absolute Gasteiger partial charge is 0.414 e. The van der Waals surface area contributed by atoms with Crippen LogP contribution in [0.3, 0.4) is 0 Å². The summed E-state index contributed by atoms with van der Waals surface area (Å²) in [4.78, 5) is 9.22. The van der Waals surface area contributed by atoms with E-state index < -0.39 is 16.4 Å². The highest BCUT2D eigenvalue weighted by Gasteiger charge is 2.24. The normalized spacial score (nSPS) is 13.1. The molecule has 0 saturated heterocycles. The Hall–Kier alpha value is -3.22. The maximum atomic E-state index is 14.6. The van der Waals surface area contributed by atoms with Gasteiger partial charge in [-0.2, -0.15) is 10.6 Å². The zero-order valence-corrected chi connectivity index (χ0v) is 21.0. The van der Waals surface area contributed by atoms with Gasteiger partial charge < -0.3 is 14.5 Å². The van der Waals surface area contributed by atoms with E-state index in [1.807, 2.05) is 0 Å². The quantitative estimate of drug-likeness (QED) is 0.260. The van der Waals surface area contributed by atoms with Crippen LogP contribution in [0.5, 0.6) is 0 Å². The molecule has 2 aromatic carbocycles. The number of nitrogens with one attached hydrogen (secondary N) is 1. The number of aromatic nitrogens is 4. The van der Waals surface area contributed by atoms with Crippen molar-refractivity contribution in [2.75, 3.05) is 20.8 Å². The van der Waals surface area contributed by atoms with E-state index in [0.717, 1.165) is 11.1 Å². The first-order valence-electron chi connectivity index (χ1n) is 11.3. The minimum absolute atomic E-state index is 0.0443. The van der Waals surface area contributed by atoms with E-state index in [4.69, 9.17) is 9.15 Å². The molecule has 0 saturated carbocycles. The van der Waals surface area contributed by atoms with Gasteiger partial charge in [0, 0.05) is 25.8 Å². The number of ether oxygens (including phenoxy) is 1. The number of benzene rings is 2. The summed E-state index contributed by atoms with van der Waals surface area (Å²) in [7, 11) is 0.393. The van der Waals surface area contributed by atoms with Crippen LogP contribution in [-0.4, -0.2) is 55.3 Å². The summed E-state index contributed by atoms with van der Waals surface area (Å²) in [6.45, 7) is 2.78. The van der Waals surface area contributed by atoms with Crippen LogP contribution in [0, 0.1) is 5.82 Å². The van der Waals surface area contributed by atoms with E-state index in [1.165, 1.54) is 12.3 Å². The summed E-state index contributed by atoms with van der Waals surface area (Å²) in [6.07, 6.45) is 3.59. The smallest absolute Gasteiger partial charge is 0.268 e. The third kappa shape index (κ3) is 5.61. The van der Waals surface area contributed by atoms with Gasteiger partial charge in [0.05, 0.1) is 33.8 Å². The van der Waals surface area contributed by atoms with Gasteiger partial charge in [-0.1, -0.05) is 18.2 Å². The van der Waals surface area contributed by atoms with Gasteiger partial charge in [0.1, 0.15) is 11.5 Å². The monoisotopic (exact) mass is 513 g/mol. The SMILES string of the molecule is CNCc1ccc(-c2nnc(-c3cncc(-c4ccc(S(O)(O)C(C)CCOC)cc4)n3)o2)c(F)c1. The second-order valence-electron chi connectivity index (χ2n) is 8.26. The topological polar surface area (TPSA) is 126 Å². The summed E-state index contributed by atoms with van der Waals surface area (Å²) in [5.41, 5.74) is 2.59. The molecule has 11 heteroatoms. The molecule has 36 heavy (non-hydrogen) atoms. The molecule has 0 aliphatic carbocycles. The van der Waals surface area contributed by atoms with Gasteiger partial charge in [-0.3, -0.25) is 14.1 Å². The lowest BCUT2D eigenvalue weighted by atomic mass is 10.1. The van der Waals surface area contributed by atoms with Crippen molar-refractivity contribution in [3.63, 3.8) is 0 Å². The molecule has 0 amide bonds. The van der Waals surface area contributed by atoms with Gasteiger partial charge in [-0.05, 0) is 50.2 Å². The van der Waals surface area contributed by atoms with Crippen molar-refractivity contribution in [1.82, 2.24) is 25.5 Å². The zero-order valence-electron chi connectivity index (χ0n) is 20.2. The van der Waals surface area contributed by atoms with Crippen molar-refractivity contribution in [1.29, 1.82) is 0 Å². The van der Waals surface area contributed by atoms with E-state index in [2.05, 4.69) is 25.5 Å². The molecule has 3 N–H and O–H groups in total. The van der Waals surface area contributed by atoms with Crippen molar-refractivity contribution < 1.29 is 22.6 Å². The van der Waals surface area contributed by atoms with Gasteiger partial charge in [0.25, 0.3) is 11.8 Å². The van der Waals surface area contributed by atoms with E-state index in [9.17, 15) is 13.5 Å². The zero-order chi connectivity index (χ0) is 25.7. The second kappa shape index (κ2) is 11.2. The first-order valence-corrected chi connectivity index (χ1v) is 12.9. The van der Waals surface area contributed by atoms with E-state index in [-0.39, 0.29) is 22.6 Å². The molecule has 4 aromatic rings. The van der Waals surface area contributed by atoms with Crippen molar-refractivity contribution >= 4 is 10.6 Å². The Morgan fingerprint density at radius 1 is 1.06 bits per heavy atom.